The molecule has 1 aromatic rings. The van der Waals surface area contributed by atoms with Gasteiger partial charge in [0, 0.05) is 17.8 Å². The third kappa shape index (κ3) is 1.90. The molecule has 1 aromatic carbocycles. The summed E-state index contributed by atoms with van der Waals surface area (Å²) in [5.74, 6) is 0. The number of hydrogen-bond donors (Lipinski definition) is 1. The van der Waals surface area contributed by atoms with Crippen LogP contribution in [-0.4, -0.2) is 13.2 Å². The van der Waals surface area contributed by atoms with Crippen LogP contribution in [0.5, 0.6) is 0 Å². The molecule has 0 atom stereocenters. The summed E-state index contributed by atoms with van der Waals surface area (Å²) in [7, 11) is 0. The van der Waals surface area contributed by atoms with Gasteiger partial charge in [-0.2, -0.15) is 0 Å². The summed E-state index contributed by atoms with van der Waals surface area (Å²) in [4.78, 5) is 0. The molecule has 2 nitrogen and oxygen atoms in total. The topological polar surface area (TPSA) is 21.3 Å². The molecule has 1 aliphatic rings. The highest BCUT2D eigenvalue weighted by atomic mass is 35.5. The second kappa shape index (κ2) is 4.33. The van der Waals surface area contributed by atoms with Crippen molar-refractivity contribution in [2.24, 2.45) is 0 Å². The Balaban J connectivity index is 0.000000720. The molecular weight excluding hydrogens is 174 g/mol. The Labute approximate surface area is 78.3 Å². The van der Waals surface area contributed by atoms with Gasteiger partial charge in [0.15, 0.2) is 0 Å². The van der Waals surface area contributed by atoms with Crippen molar-refractivity contribution in [3.8, 4) is 0 Å². The smallest absolute Gasteiger partial charge is 0.0737 e. The van der Waals surface area contributed by atoms with E-state index < -0.39 is 0 Å². The molecule has 1 heterocycles. The van der Waals surface area contributed by atoms with Crippen LogP contribution in [-0.2, 0) is 11.3 Å². The molecule has 2 rings (SSSR count). The Morgan fingerprint density at radius 3 is 3.00 bits per heavy atom. The van der Waals surface area contributed by atoms with E-state index in [9.17, 15) is 0 Å². The van der Waals surface area contributed by atoms with Crippen LogP contribution >= 0.6 is 12.4 Å². The molecule has 0 aromatic heterocycles. The number of nitrogens with one attached hydrogen (secondary N) is 1. The van der Waals surface area contributed by atoms with Crippen LogP contribution in [0.2, 0.25) is 0 Å². The van der Waals surface area contributed by atoms with E-state index >= 15 is 0 Å². The molecule has 0 aliphatic carbocycles. The van der Waals surface area contributed by atoms with Gasteiger partial charge in [0.2, 0.25) is 0 Å². The Kier molecular flexibility index (Phi) is 3.38. The predicted molar refractivity (Wildman–Crippen MR) is 51.8 cm³/mol. The number of anilines is 1. The third-order valence-corrected chi connectivity index (χ3v) is 1.84. The standard InChI is InChI=1S/C9H11NO.ClH/c1-2-4-9-8(3-1)7-11-6-5-10-9;/h1-4,10H,5-7H2;1H. The minimum atomic E-state index is 0. The fraction of sp³-hybridized carbons (Fsp3) is 0.333. The first-order chi connectivity index (χ1) is 5.47. The molecule has 0 unspecified atom stereocenters. The van der Waals surface area contributed by atoms with Gasteiger partial charge in [0.1, 0.15) is 0 Å². The van der Waals surface area contributed by atoms with Crippen molar-refractivity contribution in [3.63, 3.8) is 0 Å². The van der Waals surface area contributed by atoms with Gasteiger partial charge >= 0.3 is 0 Å². The van der Waals surface area contributed by atoms with Crippen molar-refractivity contribution in [2.75, 3.05) is 18.5 Å². The van der Waals surface area contributed by atoms with E-state index in [1.165, 1.54) is 11.3 Å². The summed E-state index contributed by atoms with van der Waals surface area (Å²) in [5, 5.41) is 3.30. The first-order valence-corrected chi connectivity index (χ1v) is 3.86. The number of hydrogen-bond acceptors (Lipinski definition) is 2. The quantitative estimate of drug-likeness (QED) is 0.668. The van der Waals surface area contributed by atoms with E-state index in [1.807, 2.05) is 12.1 Å². The van der Waals surface area contributed by atoms with Crippen LogP contribution < -0.4 is 5.32 Å². The molecule has 0 spiro atoms. The minimum absolute atomic E-state index is 0. The average Bonchev–Trinajstić information content (AvgIpc) is 2.28. The molecule has 0 radical (unpaired) electrons. The zero-order chi connectivity index (χ0) is 7.52. The summed E-state index contributed by atoms with van der Waals surface area (Å²) in [6.07, 6.45) is 0. The van der Waals surface area contributed by atoms with Gasteiger partial charge < -0.3 is 10.1 Å². The van der Waals surface area contributed by atoms with Crippen molar-refractivity contribution in [2.45, 2.75) is 6.61 Å². The SMILES string of the molecule is Cl.c1ccc2c(c1)COCCN2. The molecule has 0 saturated heterocycles. The van der Waals surface area contributed by atoms with Crippen molar-refractivity contribution in [1.82, 2.24) is 0 Å². The predicted octanol–water partition coefficient (Wildman–Crippen LogP) is 2.05. The number of benzene rings is 1. The van der Waals surface area contributed by atoms with E-state index in [2.05, 4.69) is 17.4 Å². The summed E-state index contributed by atoms with van der Waals surface area (Å²) in [6, 6.07) is 8.25. The summed E-state index contributed by atoms with van der Waals surface area (Å²) >= 11 is 0. The number of rotatable bonds is 0. The normalized spacial score (nSPS) is 15.0. The largest absolute Gasteiger partial charge is 0.382 e. The highest BCUT2D eigenvalue weighted by Gasteiger charge is 2.04. The van der Waals surface area contributed by atoms with Crippen LogP contribution in [0.1, 0.15) is 5.56 Å². The van der Waals surface area contributed by atoms with Crippen LogP contribution in [0.25, 0.3) is 0 Å². The van der Waals surface area contributed by atoms with Gasteiger partial charge in [0.05, 0.1) is 13.2 Å². The molecule has 12 heavy (non-hydrogen) atoms. The van der Waals surface area contributed by atoms with Crippen LogP contribution in [0.4, 0.5) is 5.69 Å². The molecule has 0 amide bonds. The highest BCUT2D eigenvalue weighted by Crippen LogP contribution is 2.17. The van der Waals surface area contributed by atoms with E-state index in [0.717, 1.165) is 19.8 Å². The van der Waals surface area contributed by atoms with Crippen molar-refractivity contribution >= 4 is 18.1 Å². The number of halogens is 1. The summed E-state index contributed by atoms with van der Waals surface area (Å²) in [6.45, 7) is 2.45. The average molecular weight is 186 g/mol. The van der Waals surface area contributed by atoms with Gasteiger partial charge in [0.25, 0.3) is 0 Å². The van der Waals surface area contributed by atoms with E-state index in [4.69, 9.17) is 4.74 Å². The van der Waals surface area contributed by atoms with Crippen LogP contribution in [0.15, 0.2) is 24.3 Å². The lowest BCUT2D eigenvalue weighted by atomic mass is 10.2. The van der Waals surface area contributed by atoms with Crippen molar-refractivity contribution < 1.29 is 4.74 Å². The first kappa shape index (κ1) is 9.36. The van der Waals surface area contributed by atoms with Crippen molar-refractivity contribution in [3.05, 3.63) is 29.8 Å². The fourth-order valence-electron chi connectivity index (χ4n) is 1.26. The maximum Gasteiger partial charge on any atom is 0.0737 e. The maximum absolute atomic E-state index is 5.36. The Morgan fingerprint density at radius 2 is 2.08 bits per heavy atom. The van der Waals surface area contributed by atoms with Crippen LogP contribution in [0, 0.1) is 0 Å². The number of ether oxygens (including phenoxy) is 1. The zero-order valence-electron chi connectivity index (χ0n) is 6.75. The molecule has 0 bridgehead atoms. The molecule has 3 heteroatoms. The van der Waals surface area contributed by atoms with E-state index in [1.54, 1.807) is 0 Å². The number of para-hydroxylation sites is 1. The molecule has 66 valence electrons. The Morgan fingerprint density at radius 1 is 1.25 bits per heavy atom. The molecular formula is C9H12ClNO. The maximum atomic E-state index is 5.36. The monoisotopic (exact) mass is 185 g/mol. The fourth-order valence-corrected chi connectivity index (χ4v) is 1.26. The molecule has 1 N–H and O–H groups in total. The third-order valence-electron chi connectivity index (χ3n) is 1.84. The van der Waals surface area contributed by atoms with Crippen LogP contribution in [0.3, 0.4) is 0 Å². The highest BCUT2D eigenvalue weighted by molar-refractivity contribution is 5.85. The Hall–Kier alpha value is -0.730. The van der Waals surface area contributed by atoms with E-state index in [0.29, 0.717) is 0 Å². The lowest BCUT2D eigenvalue weighted by Crippen LogP contribution is -2.04. The molecule has 0 fully saturated rings. The van der Waals surface area contributed by atoms with Gasteiger partial charge in [-0.25, -0.2) is 0 Å². The van der Waals surface area contributed by atoms with Gasteiger partial charge in [-0.15, -0.1) is 12.4 Å². The zero-order valence-corrected chi connectivity index (χ0v) is 7.56. The Bertz CT molecular complexity index is 227. The second-order valence-electron chi connectivity index (χ2n) is 2.64. The lowest BCUT2D eigenvalue weighted by molar-refractivity contribution is 0.135. The van der Waals surface area contributed by atoms with Gasteiger partial charge in [-0.05, 0) is 6.07 Å². The van der Waals surface area contributed by atoms with Gasteiger partial charge in [-0.3, -0.25) is 0 Å². The summed E-state index contributed by atoms with van der Waals surface area (Å²) in [5.41, 5.74) is 2.47. The first-order valence-electron chi connectivity index (χ1n) is 3.86. The lowest BCUT2D eigenvalue weighted by Gasteiger charge is -2.03. The number of fused-ring (bicyclic) bond motifs is 1. The molecule has 1 aliphatic heterocycles. The summed E-state index contributed by atoms with van der Waals surface area (Å²) < 4.78 is 5.36. The minimum Gasteiger partial charge on any atom is -0.382 e. The van der Waals surface area contributed by atoms with Crippen molar-refractivity contribution in [1.29, 1.82) is 0 Å². The van der Waals surface area contributed by atoms with Gasteiger partial charge in [-0.1, -0.05) is 18.2 Å². The molecule has 0 saturated carbocycles. The van der Waals surface area contributed by atoms with E-state index in [-0.39, 0.29) is 12.4 Å². The second-order valence-corrected chi connectivity index (χ2v) is 2.64.